The number of rotatable bonds is 8. The minimum absolute atomic E-state index is 0.118. The molecular formula is C24H24FN3O4. The van der Waals surface area contributed by atoms with Crippen molar-refractivity contribution in [3.63, 3.8) is 0 Å². The van der Waals surface area contributed by atoms with Crippen molar-refractivity contribution in [1.29, 1.82) is 0 Å². The van der Waals surface area contributed by atoms with Crippen molar-refractivity contribution in [3.8, 4) is 0 Å². The smallest absolute Gasteiger partial charge is 0.328 e. The number of pyridine rings is 1. The zero-order chi connectivity index (χ0) is 23.1. The highest BCUT2D eigenvalue weighted by atomic mass is 19.1. The van der Waals surface area contributed by atoms with Crippen LogP contribution < -0.4 is 10.6 Å². The van der Waals surface area contributed by atoms with E-state index in [0.717, 1.165) is 10.9 Å². The number of aromatic nitrogens is 1. The van der Waals surface area contributed by atoms with Gasteiger partial charge in [-0.15, -0.1) is 0 Å². The molecule has 0 saturated heterocycles. The van der Waals surface area contributed by atoms with Gasteiger partial charge in [0.05, 0.1) is 12.6 Å². The molecular weight excluding hydrogens is 413 g/mol. The number of fused-ring (bicyclic) bond motifs is 1. The molecule has 2 N–H and O–H groups in total. The summed E-state index contributed by atoms with van der Waals surface area (Å²) >= 11 is 0. The maximum atomic E-state index is 13.2. The van der Waals surface area contributed by atoms with Gasteiger partial charge in [-0.3, -0.25) is 14.6 Å². The van der Waals surface area contributed by atoms with Gasteiger partial charge in [0.1, 0.15) is 17.9 Å². The topological polar surface area (TPSA) is 97.4 Å². The Kier molecular flexibility index (Phi) is 7.49. The van der Waals surface area contributed by atoms with Crippen LogP contribution in [-0.2, 0) is 32.0 Å². The van der Waals surface area contributed by atoms with Crippen molar-refractivity contribution in [1.82, 2.24) is 15.6 Å². The predicted octanol–water partition coefficient (Wildman–Crippen LogP) is 2.32. The van der Waals surface area contributed by atoms with E-state index >= 15 is 0 Å². The van der Waals surface area contributed by atoms with Crippen molar-refractivity contribution in [2.75, 3.05) is 7.11 Å². The second kappa shape index (κ2) is 10.5. The van der Waals surface area contributed by atoms with Gasteiger partial charge in [-0.25, -0.2) is 9.18 Å². The molecule has 8 heteroatoms. The first-order valence-electron chi connectivity index (χ1n) is 10.1. The molecule has 0 fully saturated rings. The molecule has 0 radical (unpaired) electrons. The van der Waals surface area contributed by atoms with E-state index < -0.39 is 35.7 Å². The third-order valence-electron chi connectivity index (χ3n) is 4.92. The summed E-state index contributed by atoms with van der Waals surface area (Å²) in [4.78, 5) is 41.5. The first kappa shape index (κ1) is 22.9. The number of benzene rings is 2. The normalized spacial score (nSPS) is 12.6. The highest BCUT2D eigenvalue weighted by Crippen LogP contribution is 2.13. The number of nitrogens with one attached hydrogen (secondary N) is 2. The lowest BCUT2D eigenvalue weighted by Crippen LogP contribution is -2.53. The summed E-state index contributed by atoms with van der Waals surface area (Å²) in [5, 5.41) is 6.20. The zero-order valence-corrected chi connectivity index (χ0v) is 17.8. The Balaban J connectivity index is 1.77. The lowest BCUT2D eigenvalue weighted by molar-refractivity contribution is -0.145. The molecule has 0 unspecified atom stereocenters. The van der Waals surface area contributed by atoms with E-state index in [2.05, 4.69) is 15.6 Å². The average Bonchev–Trinajstić information content (AvgIpc) is 2.78. The molecule has 0 aliphatic rings. The molecule has 166 valence electrons. The van der Waals surface area contributed by atoms with Crippen molar-refractivity contribution >= 4 is 28.7 Å². The van der Waals surface area contributed by atoms with Gasteiger partial charge in [0.15, 0.2) is 0 Å². The van der Waals surface area contributed by atoms with Crippen LogP contribution in [0.4, 0.5) is 4.39 Å². The number of carbonyl (C=O) groups excluding carboxylic acids is 3. The van der Waals surface area contributed by atoms with Gasteiger partial charge in [0.25, 0.3) is 0 Å². The maximum absolute atomic E-state index is 13.2. The van der Waals surface area contributed by atoms with Gasteiger partial charge in [-0.2, -0.15) is 0 Å². The summed E-state index contributed by atoms with van der Waals surface area (Å²) in [6, 6.07) is 14.9. The quantitative estimate of drug-likeness (QED) is 0.527. The molecule has 32 heavy (non-hydrogen) atoms. The van der Waals surface area contributed by atoms with Gasteiger partial charge in [0, 0.05) is 30.8 Å². The lowest BCUT2D eigenvalue weighted by atomic mass is 10.0. The molecule has 7 nitrogen and oxygen atoms in total. The zero-order valence-electron chi connectivity index (χ0n) is 17.8. The second-order valence-electron chi connectivity index (χ2n) is 7.37. The van der Waals surface area contributed by atoms with Crippen LogP contribution in [0.25, 0.3) is 10.9 Å². The number of hydrogen-bond donors (Lipinski definition) is 2. The minimum Gasteiger partial charge on any atom is -0.467 e. The van der Waals surface area contributed by atoms with Gasteiger partial charge < -0.3 is 15.4 Å². The fourth-order valence-electron chi connectivity index (χ4n) is 3.35. The molecule has 3 rings (SSSR count). The fourth-order valence-corrected chi connectivity index (χ4v) is 3.35. The Labute approximate surface area is 185 Å². The largest absolute Gasteiger partial charge is 0.467 e. The summed E-state index contributed by atoms with van der Waals surface area (Å²) in [5.74, 6) is -1.99. The van der Waals surface area contributed by atoms with Crippen LogP contribution in [0.1, 0.15) is 18.2 Å². The van der Waals surface area contributed by atoms with Crippen molar-refractivity contribution in [2.24, 2.45) is 0 Å². The SMILES string of the molecule is COC(=O)[C@@H](Cc1ccc2ccccc2n1)NC(=O)[C@@H](Cc1ccc(F)cc1)NC(C)=O. The third-order valence-corrected chi connectivity index (χ3v) is 4.92. The van der Waals surface area contributed by atoms with E-state index in [1.807, 2.05) is 30.3 Å². The van der Waals surface area contributed by atoms with Crippen LogP contribution in [-0.4, -0.2) is 42.0 Å². The fraction of sp³-hybridized carbons (Fsp3) is 0.250. The molecule has 0 saturated carbocycles. The summed E-state index contributed by atoms with van der Waals surface area (Å²) in [6.07, 6.45) is 0.250. The van der Waals surface area contributed by atoms with Crippen LogP contribution in [0, 0.1) is 5.82 Å². The van der Waals surface area contributed by atoms with Crippen LogP contribution in [0.2, 0.25) is 0 Å². The number of methoxy groups -OCH3 is 1. The summed E-state index contributed by atoms with van der Waals surface area (Å²) in [5.41, 5.74) is 2.03. The molecule has 0 aliphatic carbocycles. The summed E-state index contributed by atoms with van der Waals surface area (Å²) in [6.45, 7) is 1.29. The van der Waals surface area contributed by atoms with E-state index in [1.165, 1.54) is 38.3 Å². The van der Waals surface area contributed by atoms with Crippen LogP contribution in [0.3, 0.4) is 0 Å². The van der Waals surface area contributed by atoms with Crippen molar-refractivity contribution < 1.29 is 23.5 Å². The number of amides is 2. The standard InChI is InChI=1S/C24H24FN3O4/c1-15(29)26-21(13-16-7-10-18(25)11-8-16)23(30)28-22(24(31)32-2)14-19-12-9-17-5-3-4-6-20(17)27-19/h3-12,21-22H,13-14H2,1-2H3,(H,26,29)(H,28,30)/t21-,22-/m1/s1. The Bertz CT molecular complexity index is 1120. The predicted molar refractivity (Wildman–Crippen MR) is 117 cm³/mol. The molecule has 1 heterocycles. The van der Waals surface area contributed by atoms with E-state index in [-0.39, 0.29) is 12.8 Å². The van der Waals surface area contributed by atoms with Crippen LogP contribution in [0.5, 0.6) is 0 Å². The highest BCUT2D eigenvalue weighted by Gasteiger charge is 2.27. The number of nitrogens with zero attached hydrogens (tertiary/aromatic N) is 1. The number of hydrogen-bond acceptors (Lipinski definition) is 5. The van der Waals surface area contributed by atoms with E-state index in [9.17, 15) is 18.8 Å². The Morgan fingerprint density at radius 1 is 0.938 bits per heavy atom. The summed E-state index contributed by atoms with van der Waals surface area (Å²) in [7, 11) is 1.24. The maximum Gasteiger partial charge on any atom is 0.328 e. The van der Waals surface area contributed by atoms with Crippen molar-refractivity contribution in [2.45, 2.75) is 31.8 Å². The molecule has 0 spiro atoms. The minimum atomic E-state index is -0.995. The monoisotopic (exact) mass is 437 g/mol. The third kappa shape index (κ3) is 6.10. The van der Waals surface area contributed by atoms with Crippen LogP contribution >= 0.6 is 0 Å². The molecule has 0 aliphatic heterocycles. The molecule has 2 aromatic carbocycles. The Hall–Kier alpha value is -3.81. The van der Waals surface area contributed by atoms with Gasteiger partial charge in [-0.1, -0.05) is 36.4 Å². The van der Waals surface area contributed by atoms with E-state index in [1.54, 1.807) is 6.07 Å². The molecule has 0 bridgehead atoms. The average molecular weight is 437 g/mol. The second-order valence-corrected chi connectivity index (χ2v) is 7.37. The lowest BCUT2D eigenvalue weighted by Gasteiger charge is -2.22. The van der Waals surface area contributed by atoms with Gasteiger partial charge in [-0.05, 0) is 29.8 Å². The number of halogens is 1. The number of ether oxygens (including phenoxy) is 1. The molecule has 1 aromatic heterocycles. The first-order chi connectivity index (χ1) is 15.4. The van der Waals surface area contributed by atoms with E-state index in [0.29, 0.717) is 11.3 Å². The first-order valence-corrected chi connectivity index (χ1v) is 10.1. The number of para-hydroxylation sites is 1. The molecule has 2 atom stereocenters. The van der Waals surface area contributed by atoms with Gasteiger partial charge >= 0.3 is 5.97 Å². The van der Waals surface area contributed by atoms with Crippen molar-refractivity contribution in [3.05, 3.63) is 77.7 Å². The highest BCUT2D eigenvalue weighted by molar-refractivity contribution is 5.90. The Morgan fingerprint density at radius 3 is 2.34 bits per heavy atom. The number of carbonyl (C=O) groups is 3. The number of esters is 1. The molecule has 3 aromatic rings. The summed E-state index contributed by atoms with van der Waals surface area (Å²) < 4.78 is 18.0. The van der Waals surface area contributed by atoms with E-state index in [4.69, 9.17) is 4.74 Å². The Morgan fingerprint density at radius 2 is 1.66 bits per heavy atom. The molecule has 2 amide bonds. The van der Waals surface area contributed by atoms with Crippen LogP contribution in [0.15, 0.2) is 60.7 Å². The van der Waals surface area contributed by atoms with Gasteiger partial charge in [0.2, 0.25) is 11.8 Å².